The van der Waals surface area contributed by atoms with Crippen LogP contribution >= 0.6 is 0 Å². The number of aliphatic carboxylic acids is 1. The smallest absolute Gasteiger partial charge is 0.307 e. The summed E-state index contributed by atoms with van der Waals surface area (Å²) in [7, 11) is -2.44. The van der Waals surface area contributed by atoms with Gasteiger partial charge in [0.1, 0.15) is 5.69 Å². The van der Waals surface area contributed by atoms with Crippen molar-refractivity contribution in [2.24, 2.45) is 0 Å². The average molecular weight is 429 g/mol. The third kappa shape index (κ3) is 4.02. The van der Waals surface area contributed by atoms with Crippen LogP contribution in [0.3, 0.4) is 0 Å². The molecule has 3 aromatic rings. The van der Waals surface area contributed by atoms with E-state index in [9.17, 15) is 23.1 Å². The summed E-state index contributed by atoms with van der Waals surface area (Å²) in [6, 6.07) is 8.24. The maximum atomic E-state index is 13.2. The molecule has 1 amide bonds. The normalized spacial score (nSPS) is 11.5. The Balaban J connectivity index is 2.02. The number of hydrogen-bond donors (Lipinski definition) is 4. The molecule has 0 aliphatic heterocycles. The van der Waals surface area contributed by atoms with Gasteiger partial charge < -0.3 is 15.4 Å². The monoisotopic (exact) mass is 429 g/mol. The Labute approximate surface area is 174 Å². The van der Waals surface area contributed by atoms with Crippen molar-refractivity contribution in [3.63, 3.8) is 0 Å². The summed E-state index contributed by atoms with van der Waals surface area (Å²) < 4.78 is 28.9. The Kier molecular flexibility index (Phi) is 5.58. The van der Waals surface area contributed by atoms with Crippen molar-refractivity contribution < 1.29 is 23.1 Å². The molecular formula is C21H23N3O5S. The Hall–Kier alpha value is -3.33. The molecule has 0 radical (unpaired) electrons. The Morgan fingerprint density at radius 2 is 1.77 bits per heavy atom. The summed E-state index contributed by atoms with van der Waals surface area (Å²) >= 11 is 0. The van der Waals surface area contributed by atoms with E-state index < -0.39 is 16.0 Å². The second-order valence-electron chi connectivity index (χ2n) is 7.18. The molecule has 0 aliphatic rings. The first kappa shape index (κ1) is 21.4. The lowest BCUT2D eigenvalue weighted by Gasteiger charge is -2.17. The highest BCUT2D eigenvalue weighted by Crippen LogP contribution is 2.29. The van der Waals surface area contributed by atoms with Gasteiger partial charge in [0.25, 0.3) is 15.9 Å². The summed E-state index contributed by atoms with van der Waals surface area (Å²) in [6.45, 7) is 5.08. The number of sulfonamides is 1. The number of anilines is 1. The number of aromatic nitrogens is 1. The lowest BCUT2D eigenvalue weighted by Crippen LogP contribution is -2.18. The molecule has 0 aliphatic carbocycles. The largest absolute Gasteiger partial charge is 0.481 e. The van der Waals surface area contributed by atoms with Gasteiger partial charge in [-0.1, -0.05) is 6.07 Å². The molecule has 0 unspecified atom stereocenters. The lowest BCUT2D eigenvalue weighted by atomic mass is 9.97. The topological polar surface area (TPSA) is 128 Å². The highest BCUT2D eigenvalue weighted by molar-refractivity contribution is 7.92. The molecule has 8 nitrogen and oxygen atoms in total. The molecule has 0 spiro atoms. The number of rotatable bonds is 6. The minimum Gasteiger partial charge on any atom is -0.481 e. The van der Waals surface area contributed by atoms with Gasteiger partial charge in [0.2, 0.25) is 0 Å². The molecule has 0 atom stereocenters. The molecule has 0 saturated carbocycles. The number of carbonyl (C=O) groups is 2. The van der Waals surface area contributed by atoms with E-state index in [0.717, 1.165) is 5.56 Å². The third-order valence-corrected chi connectivity index (χ3v) is 6.67. The fourth-order valence-corrected chi connectivity index (χ4v) is 5.25. The van der Waals surface area contributed by atoms with Crippen LogP contribution in [0.2, 0.25) is 0 Å². The number of benzene rings is 2. The van der Waals surface area contributed by atoms with Crippen molar-refractivity contribution in [1.29, 1.82) is 0 Å². The SMILES string of the molecule is CNC(=O)c1cc2cc(NS(=O)(=O)c3c(C)cc(C)c(CC(=O)O)c3C)ccc2[nH]1. The van der Waals surface area contributed by atoms with Crippen LogP contribution in [-0.2, 0) is 21.2 Å². The van der Waals surface area contributed by atoms with E-state index in [1.807, 2.05) is 0 Å². The number of aromatic amines is 1. The zero-order valence-electron chi connectivity index (χ0n) is 17.1. The molecule has 0 fully saturated rings. The van der Waals surface area contributed by atoms with E-state index in [1.54, 1.807) is 51.1 Å². The summed E-state index contributed by atoms with van der Waals surface area (Å²) in [5, 5.41) is 12.4. The quantitative estimate of drug-likeness (QED) is 0.479. The molecule has 2 aromatic carbocycles. The van der Waals surface area contributed by atoms with Crippen molar-refractivity contribution >= 4 is 38.5 Å². The molecule has 1 aromatic heterocycles. The molecule has 4 N–H and O–H groups in total. The second kappa shape index (κ2) is 7.83. The van der Waals surface area contributed by atoms with Crippen molar-refractivity contribution in [3.8, 4) is 0 Å². The van der Waals surface area contributed by atoms with Crippen LogP contribution < -0.4 is 10.0 Å². The summed E-state index contributed by atoms with van der Waals surface area (Å²) in [5.74, 6) is -1.30. The zero-order chi connectivity index (χ0) is 22.2. The number of carboxylic acids is 1. The second-order valence-corrected chi connectivity index (χ2v) is 8.80. The maximum absolute atomic E-state index is 13.2. The number of H-pyrrole nitrogens is 1. The Morgan fingerprint density at radius 1 is 1.07 bits per heavy atom. The summed E-state index contributed by atoms with van der Waals surface area (Å²) in [6.07, 6.45) is -0.252. The van der Waals surface area contributed by atoms with Crippen molar-refractivity contribution in [3.05, 3.63) is 58.3 Å². The highest BCUT2D eigenvalue weighted by atomic mass is 32.2. The highest BCUT2D eigenvalue weighted by Gasteiger charge is 2.24. The molecule has 0 saturated heterocycles. The first-order chi connectivity index (χ1) is 14.0. The van der Waals surface area contributed by atoms with Crippen LogP contribution in [0.1, 0.15) is 32.7 Å². The number of amides is 1. The van der Waals surface area contributed by atoms with Gasteiger partial charge in [-0.05, 0) is 67.3 Å². The minimum atomic E-state index is -3.96. The molecule has 30 heavy (non-hydrogen) atoms. The predicted molar refractivity (Wildman–Crippen MR) is 114 cm³/mol. The van der Waals surface area contributed by atoms with Crippen molar-refractivity contribution in [2.45, 2.75) is 32.1 Å². The standard InChI is InChI=1S/C21H23N3O5S/c1-11-7-12(2)20(13(3)16(11)10-19(25)26)30(28,29)24-15-5-6-17-14(8-15)9-18(23-17)21(27)22-4/h5-9,23-24H,10H2,1-4H3,(H,22,27)(H,25,26). The number of aryl methyl sites for hydroxylation is 2. The molecule has 3 rings (SSSR count). The number of carboxylic acid groups (broad SMARTS) is 1. The van der Waals surface area contributed by atoms with E-state index in [2.05, 4.69) is 15.0 Å². The number of fused-ring (bicyclic) bond motifs is 1. The van der Waals surface area contributed by atoms with Gasteiger partial charge in [-0.3, -0.25) is 14.3 Å². The predicted octanol–water partition coefficient (Wildman–Crippen LogP) is 2.88. The summed E-state index contributed by atoms with van der Waals surface area (Å²) in [4.78, 5) is 26.1. The van der Waals surface area contributed by atoms with Gasteiger partial charge in [-0.25, -0.2) is 8.42 Å². The van der Waals surface area contributed by atoms with Gasteiger partial charge in [0, 0.05) is 23.6 Å². The molecule has 9 heteroatoms. The number of carbonyl (C=O) groups excluding carboxylic acids is 1. The average Bonchev–Trinajstić information content (AvgIpc) is 3.06. The van der Waals surface area contributed by atoms with Crippen LogP contribution in [0.5, 0.6) is 0 Å². The summed E-state index contributed by atoms with van der Waals surface area (Å²) in [5.41, 5.74) is 3.60. The van der Waals surface area contributed by atoms with Crippen molar-refractivity contribution in [2.75, 3.05) is 11.8 Å². The van der Waals surface area contributed by atoms with Gasteiger partial charge in [0.15, 0.2) is 0 Å². The first-order valence-corrected chi connectivity index (χ1v) is 10.7. The van der Waals surface area contributed by atoms with E-state index in [4.69, 9.17) is 0 Å². The van der Waals surface area contributed by atoms with Gasteiger partial charge in [-0.2, -0.15) is 0 Å². The molecule has 158 valence electrons. The van der Waals surface area contributed by atoms with E-state index >= 15 is 0 Å². The minimum absolute atomic E-state index is 0.0737. The van der Waals surface area contributed by atoms with Crippen LogP contribution in [-0.4, -0.2) is 37.4 Å². The third-order valence-electron chi connectivity index (χ3n) is 5.00. The van der Waals surface area contributed by atoms with Gasteiger partial charge >= 0.3 is 5.97 Å². The van der Waals surface area contributed by atoms with Gasteiger partial charge in [-0.15, -0.1) is 0 Å². The van der Waals surface area contributed by atoms with Crippen LogP contribution in [0.15, 0.2) is 35.2 Å². The molecule has 1 heterocycles. The van der Waals surface area contributed by atoms with Crippen LogP contribution in [0.25, 0.3) is 10.9 Å². The van der Waals surface area contributed by atoms with Crippen LogP contribution in [0.4, 0.5) is 5.69 Å². The lowest BCUT2D eigenvalue weighted by molar-refractivity contribution is -0.136. The fourth-order valence-electron chi connectivity index (χ4n) is 3.70. The maximum Gasteiger partial charge on any atom is 0.307 e. The zero-order valence-corrected chi connectivity index (χ0v) is 17.9. The Morgan fingerprint density at radius 3 is 2.40 bits per heavy atom. The Bertz CT molecular complexity index is 1280. The molecule has 0 bridgehead atoms. The van der Waals surface area contributed by atoms with Crippen LogP contribution in [0, 0.1) is 20.8 Å². The van der Waals surface area contributed by atoms with Crippen molar-refractivity contribution in [1.82, 2.24) is 10.3 Å². The molecular weight excluding hydrogens is 406 g/mol. The first-order valence-electron chi connectivity index (χ1n) is 9.22. The number of nitrogens with one attached hydrogen (secondary N) is 3. The fraction of sp³-hybridized carbons (Fsp3) is 0.238. The van der Waals surface area contributed by atoms with E-state index in [-0.39, 0.29) is 17.2 Å². The van der Waals surface area contributed by atoms with Gasteiger partial charge in [0.05, 0.1) is 11.3 Å². The number of hydrogen-bond acceptors (Lipinski definition) is 4. The van der Waals surface area contributed by atoms with E-state index in [1.165, 1.54) is 7.05 Å². The van der Waals surface area contributed by atoms with E-state index in [0.29, 0.717) is 39.0 Å².